The van der Waals surface area contributed by atoms with Crippen LogP contribution in [0.5, 0.6) is 5.75 Å². The van der Waals surface area contributed by atoms with Gasteiger partial charge in [-0.2, -0.15) is 0 Å². The minimum atomic E-state index is 0.498. The van der Waals surface area contributed by atoms with Crippen molar-refractivity contribution in [3.8, 4) is 39.1 Å². The number of benzene rings is 9. The molecule has 0 bridgehead atoms. The topological polar surface area (TPSA) is 15.7 Å². The first kappa shape index (κ1) is 34.8. The lowest BCUT2D eigenvalue weighted by atomic mass is 9.89. The predicted octanol–water partition coefficient (Wildman–Crippen LogP) is 15.3. The molecule has 58 heavy (non-hydrogen) atoms. The van der Waals surface area contributed by atoms with Crippen LogP contribution < -0.4 is 14.5 Å². The number of rotatable bonds is 10. The van der Waals surface area contributed by atoms with E-state index >= 15 is 0 Å². The molecule has 9 aromatic rings. The van der Waals surface area contributed by atoms with Crippen LogP contribution in [-0.2, 0) is 6.61 Å². The molecule has 276 valence electrons. The van der Waals surface area contributed by atoms with Crippen LogP contribution in [0, 0.1) is 0 Å². The Morgan fingerprint density at radius 1 is 0.466 bits per heavy atom. The third-order valence-electron chi connectivity index (χ3n) is 11.1. The van der Waals surface area contributed by atoms with E-state index in [1.165, 1.54) is 50.0 Å². The second kappa shape index (κ2) is 15.1. The quantitative estimate of drug-likeness (QED) is 0.139. The highest BCUT2D eigenvalue weighted by Crippen LogP contribution is 2.51. The minimum Gasteiger partial charge on any atom is -0.489 e. The van der Waals surface area contributed by atoms with Gasteiger partial charge in [-0.1, -0.05) is 146 Å². The minimum absolute atomic E-state index is 0.498. The fourth-order valence-electron chi connectivity index (χ4n) is 8.14. The number of fused-ring (bicyclic) bond motifs is 2. The molecule has 0 aromatic heterocycles. The van der Waals surface area contributed by atoms with E-state index in [1.807, 2.05) is 6.08 Å². The van der Waals surface area contributed by atoms with Gasteiger partial charge in [0.15, 0.2) is 0 Å². The van der Waals surface area contributed by atoms with Crippen molar-refractivity contribution in [1.29, 1.82) is 0 Å². The molecule has 10 rings (SSSR count). The summed E-state index contributed by atoms with van der Waals surface area (Å²) in [6, 6.07) is 75.7. The first-order chi connectivity index (χ1) is 28.7. The van der Waals surface area contributed by atoms with Gasteiger partial charge in [0.1, 0.15) is 12.4 Å². The largest absolute Gasteiger partial charge is 0.489 e. The van der Waals surface area contributed by atoms with Crippen molar-refractivity contribution in [2.24, 2.45) is 0 Å². The Kier molecular flexibility index (Phi) is 9.09. The summed E-state index contributed by atoms with van der Waals surface area (Å²) >= 11 is 0. The molecule has 1 aliphatic rings. The van der Waals surface area contributed by atoms with Gasteiger partial charge in [0.25, 0.3) is 0 Å². The molecule has 0 radical (unpaired) electrons. The summed E-state index contributed by atoms with van der Waals surface area (Å²) in [7, 11) is 0. The number of para-hydroxylation sites is 1. The van der Waals surface area contributed by atoms with Crippen LogP contribution in [0.4, 0.5) is 34.1 Å². The van der Waals surface area contributed by atoms with E-state index in [1.54, 1.807) is 0 Å². The summed E-state index contributed by atoms with van der Waals surface area (Å²) in [6.45, 7) is 4.35. The second-order valence-corrected chi connectivity index (χ2v) is 14.6. The van der Waals surface area contributed by atoms with E-state index < -0.39 is 0 Å². The zero-order chi connectivity index (χ0) is 38.8. The predicted molar refractivity (Wildman–Crippen MR) is 244 cm³/mol. The molecule has 0 spiro atoms. The zero-order valence-corrected chi connectivity index (χ0v) is 32.0. The highest BCUT2D eigenvalue weighted by molar-refractivity contribution is 6.14. The molecule has 0 N–H and O–H groups in total. The monoisotopic (exact) mass is 744 g/mol. The SMILES string of the molecule is C=Cc1ccc(COc2ccc(N(c3ccc(-c4ccccc4)cc3)c3ccc(-c4ccc5c(c4)-c4cccc6cccc(c46)N5c4ccccc4)cc3)cc2)cc1. The van der Waals surface area contributed by atoms with Crippen LogP contribution in [0.2, 0.25) is 0 Å². The van der Waals surface area contributed by atoms with Gasteiger partial charge in [0.2, 0.25) is 0 Å². The van der Waals surface area contributed by atoms with Crippen molar-refractivity contribution in [2.75, 3.05) is 9.80 Å². The number of nitrogens with zero attached hydrogens (tertiary/aromatic N) is 2. The van der Waals surface area contributed by atoms with Crippen LogP contribution in [0.15, 0.2) is 219 Å². The van der Waals surface area contributed by atoms with Crippen molar-refractivity contribution in [3.63, 3.8) is 0 Å². The Hall–Kier alpha value is -7.62. The van der Waals surface area contributed by atoms with Crippen LogP contribution >= 0.6 is 0 Å². The maximum Gasteiger partial charge on any atom is 0.119 e. The number of ether oxygens (including phenoxy) is 1. The molecule has 0 fully saturated rings. The van der Waals surface area contributed by atoms with Crippen LogP contribution in [-0.4, -0.2) is 0 Å². The standard InChI is InChI=1S/C55H40N2O/c1-2-39-19-21-40(22-20-39)38-58-50-34-32-49(33-35-50)56(47-28-23-42(24-29-47)41-11-5-3-6-12-41)48-30-25-43(26-31-48)45-27-36-53-52(37-45)51-17-9-13-44-14-10-18-54(55(44)51)57(53)46-15-7-4-8-16-46/h2-37H,1,38H2. The van der Waals surface area contributed by atoms with Gasteiger partial charge in [-0.15, -0.1) is 0 Å². The highest BCUT2D eigenvalue weighted by atomic mass is 16.5. The third-order valence-corrected chi connectivity index (χ3v) is 11.1. The van der Waals surface area contributed by atoms with Gasteiger partial charge in [-0.3, -0.25) is 0 Å². The first-order valence-electron chi connectivity index (χ1n) is 19.7. The van der Waals surface area contributed by atoms with E-state index in [4.69, 9.17) is 4.74 Å². The Bertz CT molecular complexity index is 2860. The average molecular weight is 745 g/mol. The lowest BCUT2D eigenvalue weighted by Gasteiger charge is -2.33. The summed E-state index contributed by atoms with van der Waals surface area (Å²) < 4.78 is 6.20. The van der Waals surface area contributed by atoms with Gasteiger partial charge in [0.05, 0.1) is 11.4 Å². The Balaban J connectivity index is 0.993. The summed E-state index contributed by atoms with van der Waals surface area (Å²) in [4.78, 5) is 4.70. The maximum absolute atomic E-state index is 6.20. The molecule has 0 saturated carbocycles. The molecule has 0 atom stereocenters. The summed E-state index contributed by atoms with van der Waals surface area (Å²) in [6.07, 6.45) is 1.85. The van der Waals surface area contributed by atoms with Gasteiger partial charge in [0, 0.05) is 33.7 Å². The van der Waals surface area contributed by atoms with Crippen molar-refractivity contribution in [3.05, 3.63) is 230 Å². The molecule has 1 aliphatic heterocycles. The molecule has 1 heterocycles. The van der Waals surface area contributed by atoms with E-state index in [9.17, 15) is 0 Å². The third kappa shape index (κ3) is 6.59. The van der Waals surface area contributed by atoms with Crippen molar-refractivity contribution < 1.29 is 4.74 Å². The van der Waals surface area contributed by atoms with Crippen LogP contribution in [0.3, 0.4) is 0 Å². The Labute approximate surface area is 340 Å². The maximum atomic E-state index is 6.20. The Morgan fingerprint density at radius 3 is 1.69 bits per heavy atom. The van der Waals surface area contributed by atoms with Crippen LogP contribution in [0.25, 0.3) is 50.2 Å². The zero-order valence-electron chi connectivity index (χ0n) is 32.0. The fourth-order valence-corrected chi connectivity index (χ4v) is 8.14. The van der Waals surface area contributed by atoms with E-state index in [0.29, 0.717) is 6.61 Å². The molecule has 0 unspecified atom stereocenters. The van der Waals surface area contributed by atoms with E-state index in [0.717, 1.165) is 45.2 Å². The summed E-state index contributed by atoms with van der Waals surface area (Å²) in [5.74, 6) is 0.822. The number of hydrogen-bond acceptors (Lipinski definition) is 3. The lowest BCUT2D eigenvalue weighted by molar-refractivity contribution is 0.306. The van der Waals surface area contributed by atoms with Gasteiger partial charge < -0.3 is 14.5 Å². The molecule has 3 nitrogen and oxygen atoms in total. The fraction of sp³-hybridized carbons (Fsp3) is 0.0182. The van der Waals surface area contributed by atoms with Crippen LogP contribution in [0.1, 0.15) is 11.1 Å². The van der Waals surface area contributed by atoms with Crippen molar-refractivity contribution in [1.82, 2.24) is 0 Å². The van der Waals surface area contributed by atoms with Crippen molar-refractivity contribution >= 4 is 51.0 Å². The Morgan fingerprint density at radius 2 is 1.03 bits per heavy atom. The molecule has 9 aromatic carbocycles. The number of hydrogen-bond donors (Lipinski definition) is 0. The summed E-state index contributed by atoms with van der Waals surface area (Å²) in [5, 5.41) is 2.52. The molecular formula is C55H40N2O. The summed E-state index contributed by atoms with van der Waals surface area (Å²) in [5.41, 5.74) is 16.1. The first-order valence-corrected chi connectivity index (χ1v) is 19.7. The molecule has 0 saturated heterocycles. The van der Waals surface area contributed by atoms with E-state index in [-0.39, 0.29) is 0 Å². The second-order valence-electron chi connectivity index (χ2n) is 14.6. The van der Waals surface area contributed by atoms with Gasteiger partial charge in [-0.05, 0) is 123 Å². The van der Waals surface area contributed by atoms with E-state index in [2.05, 4.69) is 229 Å². The molecule has 0 amide bonds. The average Bonchev–Trinajstić information content (AvgIpc) is 3.30. The van der Waals surface area contributed by atoms with Gasteiger partial charge >= 0.3 is 0 Å². The van der Waals surface area contributed by atoms with Gasteiger partial charge in [-0.25, -0.2) is 0 Å². The smallest absolute Gasteiger partial charge is 0.119 e. The molecule has 3 heteroatoms. The molecule has 0 aliphatic carbocycles. The van der Waals surface area contributed by atoms with Crippen molar-refractivity contribution in [2.45, 2.75) is 6.61 Å². The lowest BCUT2D eigenvalue weighted by Crippen LogP contribution is -2.15. The number of anilines is 6. The molecular weight excluding hydrogens is 705 g/mol. The highest BCUT2D eigenvalue weighted by Gasteiger charge is 2.26. The normalized spacial score (nSPS) is 11.6.